The van der Waals surface area contributed by atoms with Gasteiger partial charge in [0.2, 0.25) is 0 Å². The van der Waals surface area contributed by atoms with Crippen LogP contribution in [0.3, 0.4) is 0 Å². The molecule has 7 aromatic carbocycles. The zero-order valence-electron chi connectivity index (χ0n) is 29.1. The second kappa shape index (κ2) is 12.1. The monoisotopic (exact) mass is 667 g/mol. The number of aryl methyl sites for hydroxylation is 1. The molecule has 0 N–H and O–H groups in total. The molecule has 0 saturated carbocycles. The van der Waals surface area contributed by atoms with Gasteiger partial charge in [0, 0.05) is 22.2 Å². The zero-order valence-corrected chi connectivity index (χ0v) is 29.1. The first-order chi connectivity index (χ1) is 25.7. The minimum atomic E-state index is -0.491. The average Bonchev–Trinajstić information content (AvgIpc) is 3.74. The quantitative estimate of drug-likeness (QED) is 0.175. The van der Waals surface area contributed by atoms with Crippen LogP contribution in [0.2, 0.25) is 0 Å². The van der Waals surface area contributed by atoms with Crippen LogP contribution in [0.4, 0.5) is 11.4 Å². The van der Waals surface area contributed by atoms with E-state index in [4.69, 9.17) is 4.42 Å². The van der Waals surface area contributed by atoms with Crippen LogP contribution in [0.1, 0.15) is 46.2 Å². The fraction of sp³-hybridized carbons (Fsp3) is 0.0800. The van der Waals surface area contributed by atoms with Crippen molar-refractivity contribution in [3.05, 3.63) is 221 Å². The van der Waals surface area contributed by atoms with Crippen LogP contribution in [0, 0.1) is 6.92 Å². The van der Waals surface area contributed by atoms with Crippen molar-refractivity contribution in [1.82, 2.24) is 0 Å². The molecule has 1 atom stereocenters. The Balaban J connectivity index is 1.24. The molecule has 0 spiro atoms. The predicted molar refractivity (Wildman–Crippen MR) is 216 cm³/mol. The highest BCUT2D eigenvalue weighted by molar-refractivity contribution is 6.10. The van der Waals surface area contributed by atoms with Gasteiger partial charge in [0.25, 0.3) is 0 Å². The molecule has 2 heteroatoms. The number of furan rings is 1. The summed E-state index contributed by atoms with van der Waals surface area (Å²) >= 11 is 0. The van der Waals surface area contributed by atoms with Gasteiger partial charge in [0.15, 0.2) is 5.58 Å². The van der Waals surface area contributed by atoms with Crippen LogP contribution in [-0.4, -0.2) is 0 Å². The van der Waals surface area contributed by atoms with E-state index in [1.165, 1.54) is 55.8 Å². The van der Waals surface area contributed by atoms with E-state index < -0.39 is 5.41 Å². The number of allylic oxidation sites excluding steroid dienone is 4. The van der Waals surface area contributed by atoms with E-state index in [1.807, 2.05) is 6.07 Å². The zero-order chi connectivity index (χ0) is 34.6. The summed E-state index contributed by atoms with van der Waals surface area (Å²) in [6.45, 7) is 2.17. The molecule has 52 heavy (non-hydrogen) atoms. The lowest BCUT2D eigenvalue weighted by Gasteiger charge is -2.35. The summed E-state index contributed by atoms with van der Waals surface area (Å²) in [6.07, 6.45) is 6.48. The van der Waals surface area contributed by atoms with Gasteiger partial charge < -0.3 is 9.32 Å². The van der Waals surface area contributed by atoms with Crippen LogP contribution < -0.4 is 4.90 Å². The predicted octanol–water partition coefficient (Wildman–Crippen LogP) is 13.2. The van der Waals surface area contributed by atoms with Gasteiger partial charge in [-0.25, -0.2) is 0 Å². The molecule has 2 aliphatic rings. The first-order valence-corrected chi connectivity index (χ1v) is 18.2. The minimum absolute atomic E-state index is 0.491. The summed E-state index contributed by atoms with van der Waals surface area (Å²) < 4.78 is 6.72. The summed E-state index contributed by atoms with van der Waals surface area (Å²) in [5.41, 5.74) is 16.3. The topological polar surface area (TPSA) is 16.4 Å². The molecule has 0 bridgehead atoms. The van der Waals surface area contributed by atoms with Gasteiger partial charge in [-0.15, -0.1) is 0 Å². The van der Waals surface area contributed by atoms with Crippen LogP contribution in [-0.2, 0) is 5.41 Å². The molecular formula is C50H37NO. The second-order valence-electron chi connectivity index (χ2n) is 14.1. The Morgan fingerprint density at radius 2 is 1.23 bits per heavy atom. The Hall–Kier alpha value is -6.38. The SMILES string of the molecule is Cc1ccc(C2(c3ccccc3)c3ccccc3-c3ccc(N(C4=CC=C(c5ccccc5)CC4)c4cccc5c4oc4ccccc45)cc32)cc1. The van der Waals surface area contributed by atoms with E-state index in [9.17, 15) is 0 Å². The van der Waals surface area contributed by atoms with Crippen molar-refractivity contribution in [2.24, 2.45) is 0 Å². The first-order valence-electron chi connectivity index (χ1n) is 18.2. The molecule has 0 amide bonds. The van der Waals surface area contributed by atoms with E-state index >= 15 is 0 Å². The van der Waals surface area contributed by atoms with Crippen molar-refractivity contribution in [2.75, 3.05) is 4.90 Å². The Bertz CT molecular complexity index is 2680. The summed E-state index contributed by atoms with van der Waals surface area (Å²) in [4.78, 5) is 2.46. The Labute approximate surface area is 304 Å². The molecule has 2 aliphatic carbocycles. The standard InChI is InChI=1S/C50H37NO/c1-34-23-27-38(28-24-34)50(37-15-6-3-7-16-37)45-20-10-8-17-41(45)42-32-31-40(33-46(42)50)51(39-29-25-36(26-30-39)35-13-4-2-5-14-35)47-21-12-19-44-43-18-9-11-22-48(43)52-49(44)47/h2-25,27-29,31-33H,26,30H2,1H3. The van der Waals surface area contributed by atoms with Gasteiger partial charge in [0.1, 0.15) is 5.58 Å². The van der Waals surface area contributed by atoms with Crippen LogP contribution in [0.15, 0.2) is 192 Å². The number of anilines is 2. The van der Waals surface area contributed by atoms with Gasteiger partial charge in [-0.3, -0.25) is 0 Å². The Kier molecular flexibility index (Phi) is 7.11. The summed E-state index contributed by atoms with van der Waals surface area (Å²) in [5.74, 6) is 0. The van der Waals surface area contributed by atoms with Gasteiger partial charge in [0.05, 0.1) is 11.1 Å². The fourth-order valence-electron chi connectivity index (χ4n) is 8.76. The molecule has 0 radical (unpaired) electrons. The van der Waals surface area contributed by atoms with Crippen molar-refractivity contribution in [3.63, 3.8) is 0 Å². The van der Waals surface area contributed by atoms with Crippen LogP contribution >= 0.6 is 0 Å². The largest absolute Gasteiger partial charge is 0.454 e. The maximum atomic E-state index is 6.72. The third kappa shape index (κ3) is 4.64. The van der Waals surface area contributed by atoms with Crippen LogP contribution in [0.25, 0.3) is 38.6 Å². The number of para-hydroxylation sites is 2. The highest BCUT2D eigenvalue weighted by Gasteiger charge is 2.46. The number of hydrogen-bond donors (Lipinski definition) is 0. The third-order valence-corrected chi connectivity index (χ3v) is 11.2. The lowest BCUT2D eigenvalue weighted by molar-refractivity contribution is 0.668. The molecule has 10 rings (SSSR count). The lowest BCUT2D eigenvalue weighted by Crippen LogP contribution is -2.29. The molecule has 1 heterocycles. The molecular weight excluding hydrogens is 631 g/mol. The molecule has 2 nitrogen and oxygen atoms in total. The number of benzene rings is 7. The van der Waals surface area contributed by atoms with Gasteiger partial charge >= 0.3 is 0 Å². The summed E-state index contributed by atoms with van der Waals surface area (Å²) in [6, 6.07) is 62.0. The number of hydrogen-bond acceptors (Lipinski definition) is 2. The number of fused-ring (bicyclic) bond motifs is 6. The fourth-order valence-corrected chi connectivity index (χ4v) is 8.76. The van der Waals surface area contributed by atoms with Crippen molar-refractivity contribution in [1.29, 1.82) is 0 Å². The third-order valence-electron chi connectivity index (χ3n) is 11.2. The molecule has 8 aromatic rings. The Morgan fingerprint density at radius 3 is 2.04 bits per heavy atom. The first kappa shape index (κ1) is 30.4. The lowest BCUT2D eigenvalue weighted by atomic mass is 9.67. The highest BCUT2D eigenvalue weighted by Crippen LogP contribution is 2.57. The van der Waals surface area contributed by atoms with Crippen molar-refractivity contribution >= 4 is 38.9 Å². The molecule has 0 fully saturated rings. The smallest absolute Gasteiger partial charge is 0.159 e. The van der Waals surface area contributed by atoms with E-state index in [0.717, 1.165) is 46.2 Å². The average molecular weight is 668 g/mol. The summed E-state index contributed by atoms with van der Waals surface area (Å²) in [7, 11) is 0. The van der Waals surface area contributed by atoms with Crippen LogP contribution in [0.5, 0.6) is 0 Å². The van der Waals surface area contributed by atoms with Gasteiger partial charge in [-0.1, -0.05) is 157 Å². The number of nitrogens with zero attached hydrogens (tertiary/aromatic N) is 1. The Morgan fingerprint density at radius 1 is 0.538 bits per heavy atom. The van der Waals surface area contributed by atoms with E-state index in [2.05, 4.69) is 188 Å². The molecule has 248 valence electrons. The van der Waals surface area contributed by atoms with Gasteiger partial charge in [-0.2, -0.15) is 0 Å². The van der Waals surface area contributed by atoms with Crippen molar-refractivity contribution in [3.8, 4) is 11.1 Å². The van der Waals surface area contributed by atoms with Gasteiger partial charge in [-0.05, 0) is 94.6 Å². The molecule has 0 saturated heterocycles. The molecule has 0 aliphatic heterocycles. The van der Waals surface area contributed by atoms with E-state index in [0.29, 0.717) is 0 Å². The van der Waals surface area contributed by atoms with Crippen molar-refractivity contribution < 1.29 is 4.42 Å². The maximum absolute atomic E-state index is 6.72. The molecule has 1 aromatic heterocycles. The molecule has 1 unspecified atom stereocenters. The number of rotatable bonds is 6. The second-order valence-corrected chi connectivity index (χ2v) is 14.1. The minimum Gasteiger partial charge on any atom is -0.454 e. The maximum Gasteiger partial charge on any atom is 0.159 e. The van der Waals surface area contributed by atoms with E-state index in [1.54, 1.807) is 0 Å². The van der Waals surface area contributed by atoms with Crippen molar-refractivity contribution in [2.45, 2.75) is 25.2 Å². The normalized spacial score (nSPS) is 16.3. The van der Waals surface area contributed by atoms with E-state index in [-0.39, 0.29) is 0 Å². The highest BCUT2D eigenvalue weighted by atomic mass is 16.3. The summed E-state index contributed by atoms with van der Waals surface area (Å²) in [5, 5.41) is 2.26.